The van der Waals surface area contributed by atoms with E-state index in [9.17, 15) is 0 Å². The predicted molar refractivity (Wildman–Crippen MR) is 68.0 cm³/mol. The zero-order valence-electron chi connectivity index (χ0n) is 11.1. The van der Waals surface area contributed by atoms with E-state index >= 15 is 0 Å². The fourth-order valence-corrected chi connectivity index (χ4v) is 2.86. The van der Waals surface area contributed by atoms with Gasteiger partial charge in [-0.15, -0.1) is 0 Å². The molecule has 1 aliphatic carbocycles. The van der Waals surface area contributed by atoms with Crippen LogP contribution >= 0.6 is 0 Å². The Morgan fingerprint density at radius 3 is 2.27 bits per heavy atom. The van der Waals surface area contributed by atoms with Gasteiger partial charge in [-0.05, 0) is 49.6 Å². The molecule has 2 unspecified atom stereocenters. The Labute approximate surface area is 96.0 Å². The predicted octanol–water partition coefficient (Wildman–Crippen LogP) is 3.69. The molecule has 1 saturated carbocycles. The Bertz CT molecular complexity index is 163. The molecule has 15 heavy (non-hydrogen) atoms. The molecule has 0 bridgehead atoms. The van der Waals surface area contributed by atoms with Crippen LogP contribution in [0.1, 0.15) is 53.4 Å². The van der Waals surface area contributed by atoms with Gasteiger partial charge in [0.2, 0.25) is 0 Å². The minimum atomic E-state index is 0.787. The first-order valence-electron chi connectivity index (χ1n) is 6.80. The van der Waals surface area contributed by atoms with Crippen molar-refractivity contribution < 1.29 is 0 Å². The summed E-state index contributed by atoms with van der Waals surface area (Å²) in [6.45, 7) is 11.7. The summed E-state index contributed by atoms with van der Waals surface area (Å²) in [6, 6.07) is 0. The molecule has 1 rings (SSSR count). The van der Waals surface area contributed by atoms with E-state index in [0.717, 1.165) is 23.7 Å². The van der Waals surface area contributed by atoms with E-state index < -0.39 is 0 Å². The highest BCUT2D eigenvalue weighted by Crippen LogP contribution is 2.35. The third-order valence-corrected chi connectivity index (χ3v) is 3.55. The fourth-order valence-electron chi connectivity index (χ4n) is 2.86. The van der Waals surface area contributed by atoms with Crippen LogP contribution in [-0.4, -0.2) is 13.1 Å². The second kappa shape index (κ2) is 6.52. The summed E-state index contributed by atoms with van der Waals surface area (Å²) in [5.41, 5.74) is 0. The zero-order valence-corrected chi connectivity index (χ0v) is 11.1. The fraction of sp³-hybridized carbons (Fsp3) is 1.00. The van der Waals surface area contributed by atoms with Crippen LogP contribution in [0.5, 0.6) is 0 Å². The molecule has 0 saturated heterocycles. The summed E-state index contributed by atoms with van der Waals surface area (Å²) in [4.78, 5) is 0. The minimum absolute atomic E-state index is 0.787. The van der Waals surface area contributed by atoms with Gasteiger partial charge in [0.25, 0.3) is 0 Å². The first kappa shape index (κ1) is 13.0. The molecular weight excluding hydrogens is 182 g/mol. The molecular formula is C14H29N. The van der Waals surface area contributed by atoms with Gasteiger partial charge in [0, 0.05) is 0 Å². The van der Waals surface area contributed by atoms with Crippen LogP contribution in [0.15, 0.2) is 0 Å². The topological polar surface area (TPSA) is 12.0 Å². The molecule has 0 heterocycles. The Morgan fingerprint density at radius 2 is 1.67 bits per heavy atom. The van der Waals surface area contributed by atoms with Crippen molar-refractivity contribution in [2.45, 2.75) is 53.4 Å². The van der Waals surface area contributed by atoms with Crippen molar-refractivity contribution in [2.24, 2.45) is 23.7 Å². The highest BCUT2D eigenvalue weighted by Gasteiger charge is 2.27. The second-order valence-electron chi connectivity index (χ2n) is 6.13. The van der Waals surface area contributed by atoms with Crippen molar-refractivity contribution in [1.82, 2.24) is 5.32 Å². The first-order chi connectivity index (χ1) is 7.09. The number of hydrogen-bond donors (Lipinski definition) is 1. The molecule has 0 aromatic rings. The molecule has 0 spiro atoms. The molecule has 0 aliphatic heterocycles. The molecule has 90 valence electrons. The average Bonchev–Trinajstić information content (AvgIpc) is 2.51. The van der Waals surface area contributed by atoms with E-state index in [4.69, 9.17) is 0 Å². The van der Waals surface area contributed by atoms with Crippen LogP contribution in [0.2, 0.25) is 0 Å². The number of hydrogen-bond acceptors (Lipinski definition) is 1. The Morgan fingerprint density at radius 1 is 1.00 bits per heavy atom. The van der Waals surface area contributed by atoms with Gasteiger partial charge >= 0.3 is 0 Å². The van der Waals surface area contributed by atoms with E-state index in [-0.39, 0.29) is 0 Å². The van der Waals surface area contributed by atoms with E-state index in [0.29, 0.717) is 0 Å². The quantitative estimate of drug-likeness (QED) is 0.706. The van der Waals surface area contributed by atoms with E-state index in [1.807, 2.05) is 0 Å². The lowest BCUT2D eigenvalue weighted by atomic mass is 9.88. The second-order valence-corrected chi connectivity index (χ2v) is 6.13. The lowest BCUT2D eigenvalue weighted by Gasteiger charge is -2.22. The Kier molecular flexibility index (Phi) is 5.66. The standard InChI is InChI=1S/C14H29N/c1-11(2)8-13-6-5-7-14(13)10-15-9-12(3)4/h11-15H,5-10H2,1-4H3. The van der Waals surface area contributed by atoms with Crippen molar-refractivity contribution in [1.29, 1.82) is 0 Å². The zero-order chi connectivity index (χ0) is 11.3. The van der Waals surface area contributed by atoms with E-state index in [1.54, 1.807) is 0 Å². The van der Waals surface area contributed by atoms with Gasteiger partial charge in [0.15, 0.2) is 0 Å². The lowest BCUT2D eigenvalue weighted by molar-refractivity contribution is 0.308. The molecule has 0 radical (unpaired) electrons. The van der Waals surface area contributed by atoms with Gasteiger partial charge < -0.3 is 5.32 Å². The minimum Gasteiger partial charge on any atom is -0.316 e. The molecule has 1 aliphatic rings. The average molecular weight is 211 g/mol. The Balaban J connectivity index is 2.21. The normalized spacial score (nSPS) is 26.8. The van der Waals surface area contributed by atoms with Gasteiger partial charge in [0.05, 0.1) is 0 Å². The van der Waals surface area contributed by atoms with Crippen LogP contribution in [-0.2, 0) is 0 Å². The summed E-state index contributed by atoms with van der Waals surface area (Å²) >= 11 is 0. The van der Waals surface area contributed by atoms with Crippen LogP contribution < -0.4 is 5.32 Å². The van der Waals surface area contributed by atoms with Crippen molar-refractivity contribution in [3.63, 3.8) is 0 Å². The molecule has 1 nitrogen and oxygen atoms in total. The summed E-state index contributed by atoms with van der Waals surface area (Å²) in [6.07, 6.45) is 5.84. The van der Waals surface area contributed by atoms with Gasteiger partial charge in [0.1, 0.15) is 0 Å². The van der Waals surface area contributed by atoms with Crippen LogP contribution in [0.3, 0.4) is 0 Å². The molecule has 1 heteroatoms. The van der Waals surface area contributed by atoms with Crippen LogP contribution in [0.4, 0.5) is 0 Å². The highest BCUT2D eigenvalue weighted by molar-refractivity contribution is 4.79. The summed E-state index contributed by atoms with van der Waals surface area (Å²) < 4.78 is 0. The highest BCUT2D eigenvalue weighted by atomic mass is 14.9. The van der Waals surface area contributed by atoms with Crippen molar-refractivity contribution >= 4 is 0 Å². The van der Waals surface area contributed by atoms with Gasteiger partial charge in [-0.25, -0.2) is 0 Å². The molecule has 1 N–H and O–H groups in total. The van der Waals surface area contributed by atoms with Crippen LogP contribution in [0, 0.1) is 23.7 Å². The smallest absolute Gasteiger partial charge is 0.00178 e. The maximum atomic E-state index is 3.63. The summed E-state index contributed by atoms with van der Waals surface area (Å²) in [5, 5.41) is 3.63. The SMILES string of the molecule is CC(C)CNCC1CCCC1CC(C)C. The molecule has 2 atom stereocenters. The Hall–Kier alpha value is -0.0400. The largest absolute Gasteiger partial charge is 0.316 e. The van der Waals surface area contributed by atoms with Gasteiger partial charge in [-0.1, -0.05) is 40.5 Å². The maximum absolute atomic E-state index is 3.63. The van der Waals surface area contributed by atoms with Gasteiger partial charge in [-0.2, -0.15) is 0 Å². The molecule has 0 amide bonds. The third-order valence-electron chi connectivity index (χ3n) is 3.55. The van der Waals surface area contributed by atoms with Crippen molar-refractivity contribution in [3.05, 3.63) is 0 Å². The summed E-state index contributed by atoms with van der Waals surface area (Å²) in [7, 11) is 0. The van der Waals surface area contributed by atoms with E-state index in [2.05, 4.69) is 33.0 Å². The lowest BCUT2D eigenvalue weighted by Crippen LogP contribution is -2.28. The monoisotopic (exact) mass is 211 g/mol. The third kappa shape index (κ3) is 5.01. The van der Waals surface area contributed by atoms with E-state index in [1.165, 1.54) is 38.8 Å². The number of rotatable bonds is 6. The maximum Gasteiger partial charge on any atom is -0.00178 e. The van der Waals surface area contributed by atoms with Crippen molar-refractivity contribution in [2.75, 3.05) is 13.1 Å². The number of nitrogens with one attached hydrogen (secondary N) is 1. The first-order valence-corrected chi connectivity index (χ1v) is 6.80. The molecule has 0 aromatic heterocycles. The van der Waals surface area contributed by atoms with Crippen molar-refractivity contribution in [3.8, 4) is 0 Å². The van der Waals surface area contributed by atoms with Gasteiger partial charge in [-0.3, -0.25) is 0 Å². The molecule has 1 fully saturated rings. The van der Waals surface area contributed by atoms with Crippen LogP contribution in [0.25, 0.3) is 0 Å². The molecule has 0 aromatic carbocycles. The summed E-state index contributed by atoms with van der Waals surface area (Å²) in [5.74, 6) is 3.63.